The summed E-state index contributed by atoms with van der Waals surface area (Å²) in [5.74, 6) is 1.32. The minimum absolute atomic E-state index is 0.0773. The van der Waals surface area contributed by atoms with Gasteiger partial charge >= 0.3 is 5.69 Å². The van der Waals surface area contributed by atoms with Crippen molar-refractivity contribution in [1.82, 2.24) is 19.7 Å². The summed E-state index contributed by atoms with van der Waals surface area (Å²) in [6, 6.07) is 10.5. The van der Waals surface area contributed by atoms with Gasteiger partial charge in [0.2, 0.25) is 11.7 Å². The number of hydrogen-bond donors (Lipinski definition) is 1. The van der Waals surface area contributed by atoms with Crippen molar-refractivity contribution in [3.63, 3.8) is 0 Å². The van der Waals surface area contributed by atoms with Crippen LogP contribution < -0.4 is 16.0 Å². The van der Waals surface area contributed by atoms with E-state index in [2.05, 4.69) is 15.1 Å². The first-order chi connectivity index (χ1) is 10.7. The summed E-state index contributed by atoms with van der Waals surface area (Å²) >= 11 is 0. The van der Waals surface area contributed by atoms with Crippen LogP contribution in [0.15, 0.2) is 56.7 Å². The molecule has 8 nitrogen and oxygen atoms in total. The lowest BCUT2D eigenvalue weighted by Crippen LogP contribution is -2.28. The lowest BCUT2D eigenvalue weighted by molar-refractivity contribution is 0.284. The molecule has 0 unspecified atom stereocenters. The molecular formula is C14H12N4O4. The summed E-state index contributed by atoms with van der Waals surface area (Å²) in [4.78, 5) is 28.8. The van der Waals surface area contributed by atoms with Gasteiger partial charge in [0, 0.05) is 12.3 Å². The van der Waals surface area contributed by atoms with Crippen molar-refractivity contribution in [3.8, 4) is 5.75 Å². The molecule has 0 bridgehead atoms. The average molecular weight is 300 g/mol. The van der Waals surface area contributed by atoms with Crippen LogP contribution in [0.25, 0.3) is 0 Å². The average Bonchev–Trinajstić information content (AvgIpc) is 2.97. The molecule has 112 valence electrons. The maximum Gasteiger partial charge on any atom is 0.328 e. The van der Waals surface area contributed by atoms with Crippen LogP contribution in [-0.4, -0.2) is 19.7 Å². The number of ether oxygens (including phenoxy) is 1. The monoisotopic (exact) mass is 300 g/mol. The van der Waals surface area contributed by atoms with Crippen LogP contribution in [0.4, 0.5) is 0 Å². The molecule has 2 aromatic heterocycles. The summed E-state index contributed by atoms with van der Waals surface area (Å²) < 4.78 is 11.8. The Kier molecular flexibility index (Phi) is 3.82. The van der Waals surface area contributed by atoms with Gasteiger partial charge in [-0.1, -0.05) is 23.4 Å². The molecule has 1 aromatic carbocycles. The van der Waals surface area contributed by atoms with E-state index in [4.69, 9.17) is 9.26 Å². The van der Waals surface area contributed by atoms with Crippen molar-refractivity contribution < 1.29 is 9.26 Å². The van der Waals surface area contributed by atoms with Gasteiger partial charge in [-0.2, -0.15) is 4.98 Å². The van der Waals surface area contributed by atoms with Crippen LogP contribution in [0.3, 0.4) is 0 Å². The Bertz CT molecular complexity index is 866. The zero-order chi connectivity index (χ0) is 15.4. The molecule has 8 heteroatoms. The Morgan fingerprint density at radius 3 is 2.77 bits per heavy atom. The zero-order valence-corrected chi connectivity index (χ0v) is 11.4. The SMILES string of the molecule is O=c1ccn(Cc2nc(COc3ccccc3)no2)c(=O)[nH]1. The number of nitrogens with zero attached hydrogens (tertiary/aromatic N) is 3. The van der Waals surface area contributed by atoms with Crippen molar-refractivity contribution in [3.05, 3.63) is 75.1 Å². The number of rotatable bonds is 5. The number of hydrogen-bond acceptors (Lipinski definition) is 6. The third kappa shape index (κ3) is 3.29. The van der Waals surface area contributed by atoms with Crippen molar-refractivity contribution in [2.75, 3.05) is 0 Å². The van der Waals surface area contributed by atoms with Crippen LogP contribution in [0.1, 0.15) is 11.7 Å². The van der Waals surface area contributed by atoms with Crippen LogP contribution in [-0.2, 0) is 13.2 Å². The van der Waals surface area contributed by atoms with E-state index >= 15 is 0 Å². The molecule has 0 aliphatic carbocycles. The van der Waals surface area contributed by atoms with E-state index in [1.54, 1.807) is 0 Å². The number of para-hydroxylation sites is 1. The second-order valence-corrected chi connectivity index (χ2v) is 4.44. The van der Waals surface area contributed by atoms with E-state index < -0.39 is 11.2 Å². The number of benzene rings is 1. The zero-order valence-electron chi connectivity index (χ0n) is 11.4. The van der Waals surface area contributed by atoms with Crippen LogP contribution >= 0.6 is 0 Å². The smallest absolute Gasteiger partial charge is 0.328 e. The molecule has 0 spiro atoms. The highest BCUT2D eigenvalue weighted by Crippen LogP contribution is 2.10. The molecule has 22 heavy (non-hydrogen) atoms. The van der Waals surface area contributed by atoms with Crippen LogP contribution in [0, 0.1) is 0 Å². The molecule has 3 aromatic rings. The fourth-order valence-electron chi connectivity index (χ4n) is 1.79. The molecule has 0 radical (unpaired) electrons. The van der Waals surface area contributed by atoms with Crippen molar-refractivity contribution in [1.29, 1.82) is 0 Å². The molecule has 0 amide bonds. The molecule has 3 rings (SSSR count). The fraction of sp³-hybridized carbons (Fsp3) is 0.143. The Morgan fingerprint density at radius 1 is 1.18 bits per heavy atom. The predicted octanol–water partition coefficient (Wildman–Crippen LogP) is 0.547. The molecule has 0 saturated heterocycles. The molecule has 0 aliphatic heterocycles. The molecule has 1 N–H and O–H groups in total. The molecule has 0 aliphatic rings. The van der Waals surface area contributed by atoms with Gasteiger partial charge in [-0.15, -0.1) is 0 Å². The maximum absolute atomic E-state index is 11.6. The predicted molar refractivity (Wildman–Crippen MR) is 75.5 cm³/mol. The molecular weight excluding hydrogens is 288 g/mol. The standard InChI is InChI=1S/C14H12N4O4/c19-12-6-7-18(14(20)16-12)8-13-15-11(17-22-13)9-21-10-4-2-1-3-5-10/h1-7H,8-9H2,(H,16,19,20). The Balaban J connectivity index is 1.66. The van der Waals surface area contributed by atoms with Crippen LogP contribution in [0.5, 0.6) is 5.75 Å². The summed E-state index contributed by atoms with van der Waals surface area (Å²) in [6.07, 6.45) is 1.37. The maximum atomic E-state index is 11.6. The first-order valence-electron chi connectivity index (χ1n) is 6.50. The van der Waals surface area contributed by atoms with Gasteiger partial charge in [-0.3, -0.25) is 14.3 Å². The Labute approximate surface area is 124 Å². The van der Waals surface area contributed by atoms with Crippen LogP contribution in [0.2, 0.25) is 0 Å². The van der Waals surface area contributed by atoms with E-state index in [0.29, 0.717) is 11.6 Å². The molecule has 0 fully saturated rings. The summed E-state index contributed by atoms with van der Waals surface area (Å²) in [5.41, 5.74) is -0.989. The quantitative estimate of drug-likeness (QED) is 0.738. The van der Waals surface area contributed by atoms with E-state index in [1.807, 2.05) is 30.3 Å². The lowest BCUT2D eigenvalue weighted by atomic mass is 10.3. The third-order valence-corrected chi connectivity index (χ3v) is 2.82. The summed E-state index contributed by atoms with van der Waals surface area (Å²) in [5, 5.41) is 3.78. The van der Waals surface area contributed by atoms with Crippen molar-refractivity contribution in [2.45, 2.75) is 13.2 Å². The van der Waals surface area contributed by atoms with Gasteiger partial charge in [0.25, 0.3) is 5.56 Å². The number of nitrogens with one attached hydrogen (secondary N) is 1. The highest BCUT2D eigenvalue weighted by Gasteiger charge is 2.08. The third-order valence-electron chi connectivity index (χ3n) is 2.82. The summed E-state index contributed by atoms with van der Waals surface area (Å²) in [7, 11) is 0. The molecule has 0 atom stereocenters. The summed E-state index contributed by atoms with van der Waals surface area (Å²) in [6.45, 7) is 0.238. The van der Waals surface area contributed by atoms with Gasteiger partial charge < -0.3 is 9.26 Å². The van der Waals surface area contributed by atoms with Gasteiger partial charge in [-0.25, -0.2) is 4.79 Å². The molecule has 2 heterocycles. The van der Waals surface area contributed by atoms with E-state index in [9.17, 15) is 9.59 Å². The first kappa shape index (κ1) is 13.8. The highest BCUT2D eigenvalue weighted by atomic mass is 16.5. The van der Waals surface area contributed by atoms with Gasteiger partial charge in [-0.05, 0) is 12.1 Å². The minimum atomic E-state index is -0.534. The van der Waals surface area contributed by atoms with E-state index in [-0.39, 0.29) is 19.0 Å². The number of H-pyrrole nitrogens is 1. The highest BCUT2D eigenvalue weighted by molar-refractivity contribution is 5.20. The van der Waals surface area contributed by atoms with Gasteiger partial charge in [0.15, 0.2) is 6.61 Å². The normalized spacial score (nSPS) is 10.5. The lowest BCUT2D eigenvalue weighted by Gasteiger charge is -2.01. The van der Waals surface area contributed by atoms with Crippen molar-refractivity contribution in [2.24, 2.45) is 0 Å². The van der Waals surface area contributed by atoms with Crippen molar-refractivity contribution >= 4 is 0 Å². The fourth-order valence-corrected chi connectivity index (χ4v) is 1.79. The second kappa shape index (κ2) is 6.08. The number of aromatic amines is 1. The Hall–Kier alpha value is -3.16. The number of aromatic nitrogens is 4. The van der Waals surface area contributed by atoms with E-state index in [1.165, 1.54) is 16.8 Å². The topological polar surface area (TPSA) is 103 Å². The Morgan fingerprint density at radius 2 is 2.00 bits per heavy atom. The van der Waals surface area contributed by atoms with Gasteiger partial charge in [0.1, 0.15) is 12.3 Å². The second-order valence-electron chi connectivity index (χ2n) is 4.44. The van der Waals surface area contributed by atoms with E-state index in [0.717, 1.165) is 0 Å². The molecule has 0 saturated carbocycles. The van der Waals surface area contributed by atoms with Gasteiger partial charge in [0.05, 0.1) is 0 Å². The largest absolute Gasteiger partial charge is 0.485 e. The first-order valence-corrected chi connectivity index (χ1v) is 6.50. The minimum Gasteiger partial charge on any atom is -0.485 e.